The summed E-state index contributed by atoms with van der Waals surface area (Å²) < 4.78 is 11.9. The summed E-state index contributed by atoms with van der Waals surface area (Å²) in [4.78, 5) is 18.8. The Morgan fingerprint density at radius 2 is 2.00 bits per heavy atom. The van der Waals surface area contributed by atoms with Crippen LogP contribution in [0.15, 0.2) is 42.6 Å². The molecule has 2 heterocycles. The zero-order chi connectivity index (χ0) is 21.3. The van der Waals surface area contributed by atoms with Gasteiger partial charge < -0.3 is 14.4 Å². The molecule has 0 aliphatic carbocycles. The van der Waals surface area contributed by atoms with Crippen molar-refractivity contribution >= 4 is 11.5 Å². The molecule has 0 amide bonds. The van der Waals surface area contributed by atoms with Crippen LogP contribution in [0.25, 0.3) is 0 Å². The molecule has 1 fully saturated rings. The predicted molar refractivity (Wildman–Crippen MR) is 121 cm³/mol. The molecule has 1 aliphatic heterocycles. The van der Waals surface area contributed by atoms with Gasteiger partial charge in [-0.1, -0.05) is 39.3 Å². The van der Waals surface area contributed by atoms with E-state index in [0.717, 1.165) is 55.8 Å². The Kier molecular flexibility index (Phi) is 8.12. The van der Waals surface area contributed by atoms with E-state index in [9.17, 15) is 4.79 Å². The van der Waals surface area contributed by atoms with Gasteiger partial charge in [0.05, 0.1) is 13.2 Å². The maximum atomic E-state index is 12.1. The summed E-state index contributed by atoms with van der Waals surface area (Å²) in [6.07, 6.45) is 6.61. The van der Waals surface area contributed by atoms with Gasteiger partial charge >= 0.3 is 0 Å². The molecule has 5 nitrogen and oxygen atoms in total. The van der Waals surface area contributed by atoms with E-state index in [1.807, 2.05) is 56.4 Å². The number of pyridine rings is 1. The molecule has 0 spiro atoms. The van der Waals surface area contributed by atoms with E-state index in [1.165, 1.54) is 0 Å². The van der Waals surface area contributed by atoms with Gasteiger partial charge in [0.25, 0.3) is 0 Å². The molecule has 5 heteroatoms. The first-order chi connectivity index (χ1) is 14.6. The van der Waals surface area contributed by atoms with Crippen molar-refractivity contribution in [1.82, 2.24) is 4.98 Å². The van der Waals surface area contributed by atoms with Gasteiger partial charge in [-0.25, -0.2) is 4.98 Å². The second-order valence-corrected chi connectivity index (χ2v) is 8.04. The summed E-state index contributed by atoms with van der Waals surface area (Å²) in [5.74, 6) is 1.79. The number of hydrogen-bond donors (Lipinski definition) is 0. The van der Waals surface area contributed by atoms with Crippen molar-refractivity contribution in [2.24, 2.45) is 0 Å². The van der Waals surface area contributed by atoms with Gasteiger partial charge in [0.2, 0.25) is 5.88 Å². The number of aromatic nitrogens is 1. The van der Waals surface area contributed by atoms with Crippen LogP contribution in [0, 0.1) is 0 Å². The molecule has 1 saturated heterocycles. The number of carbonyl (C=O) groups is 1. The maximum Gasteiger partial charge on any atom is 0.215 e. The lowest BCUT2D eigenvalue weighted by molar-refractivity contribution is -0.120. The van der Waals surface area contributed by atoms with Crippen molar-refractivity contribution in [2.75, 3.05) is 24.6 Å². The molecule has 0 bridgehead atoms. The highest BCUT2D eigenvalue weighted by Gasteiger charge is 2.25. The Morgan fingerprint density at radius 1 is 1.20 bits per heavy atom. The van der Waals surface area contributed by atoms with E-state index in [4.69, 9.17) is 9.47 Å². The third kappa shape index (κ3) is 5.97. The molecular formula is C25H34N2O3. The van der Waals surface area contributed by atoms with Crippen molar-refractivity contribution in [2.45, 2.75) is 64.9 Å². The fourth-order valence-corrected chi connectivity index (χ4v) is 3.73. The van der Waals surface area contributed by atoms with Crippen LogP contribution in [0.4, 0.5) is 5.69 Å². The van der Waals surface area contributed by atoms with Crippen molar-refractivity contribution in [3.05, 3.63) is 48.2 Å². The van der Waals surface area contributed by atoms with Crippen LogP contribution < -0.4 is 14.4 Å². The zero-order valence-corrected chi connectivity index (χ0v) is 18.5. The highest BCUT2D eigenvalue weighted by Crippen LogP contribution is 2.27. The molecule has 2 atom stereocenters. The fourth-order valence-electron chi connectivity index (χ4n) is 3.73. The number of carbonyl (C=O) groups excluding carboxylic acids is 1. The van der Waals surface area contributed by atoms with Crippen LogP contribution in [-0.4, -0.2) is 36.6 Å². The van der Waals surface area contributed by atoms with Crippen molar-refractivity contribution in [3.8, 4) is 11.6 Å². The molecule has 2 aromatic rings. The van der Waals surface area contributed by atoms with Gasteiger partial charge in [-0.05, 0) is 36.6 Å². The number of hydrogen-bond acceptors (Lipinski definition) is 5. The quantitative estimate of drug-likeness (QED) is 0.465. The highest BCUT2D eigenvalue weighted by atomic mass is 16.5. The highest BCUT2D eigenvalue weighted by molar-refractivity contribution is 5.85. The van der Waals surface area contributed by atoms with Gasteiger partial charge in [0, 0.05) is 43.3 Å². The van der Waals surface area contributed by atoms with E-state index >= 15 is 0 Å². The second kappa shape index (κ2) is 11.0. The van der Waals surface area contributed by atoms with Crippen LogP contribution in [-0.2, 0) is 4.79 Å². The van der Waals surface area contributed by atoms with Crippen molar-refractivity contribution < 1.29 is 14.3 Å². The van der Waals surface area contributed by atoms with E-state index in [2.05, 4.69) is 16.8 Å². The first-order valence-corrected chi connectivity index (χ1v) is 11.2. The Bertz CT molecular complexity index is 806. The van der Waals surface area contributed by atoms with Crippen LogP contribution in [0.2, 0.25) is 0 Å². The molecule has 162 valence electrons. The SMILES string of the molecule is CCCCOc1cc(N2CC[C@@H](Oc3ccc(C(C)C(=O)CCC)cc3)C2)ccn1. The van der Waals surface area contributed by atoms with Gasteiger partial charge in [0.15, 0.2) is 0 Å². The minimum absolute atomic E-state index is 0.0543. The molecule has 1 aromatic heterocycles. The molecule has 1 unspecified atom stereocenters. The van der Waals surface area contributed by atoms with Crippen molar-refractivity contribution in [1.29, 1.82) is 0 Å². The summed E-state index contributed by atoms with van der Waals surface area (Å²) in [6.45, 7) is 8.67. The lowest BCUT2D eigenvalue weighted by Gasteiger charge is -2.20. The monoisotopic (exact) mass is 410 g/mol. The molecule has 1 aromatic carbocycles. The third-order valence-corrected chi connectivity index (χ3v) is 5.64. The van der Waals surface area contributed by atoms with E-state index in [0.29, 0.717) is 24.7 Å². The van der Waals surface area contributed by atoms with Crippen LogP contribution in [0.3, 0.4) is 0 Å². The average Bonchev–Trinajstić information content (AvgIpc) is 3.23. The average molecular weight is 411 g/mol. The number of benzene rings is 1. The Balaban J connectivity index is 1.54. The lowest BCUT2D eigenvalue weighted by Crippen LogP contribution is -2.24. The minimum atomic E-state index is -0.0543. The number of ketones is 1. The van der Waals surface area contributed by atoms with E-state index in [-0.39, 0.29) is 12.0 Å². The number of Topliss-reactive ketones (excluding diaryl/α,β-unsaturated/α-hetero) is 1. The second-order valence-electron chi connectivity index (χ2n) is 8.04. The van der Waals surface area contributed by atoms with Crippen LogP contribution >= 0.6 is 0 Å². The Morgan fingerprint density at radius 3 is 2.73 bits per heavy atom. The number of unbranched alkanes of at least 4 members (excludes halogenated alkanes) is 1. The minimum Gasteiger partial charge on any atom is -0.489 e. The van der Waals surface area contributed by atoms with Crippen LogP contribution in [0.1, 0.15) is 64.4 Å². The van der Waals surface area contributed by atoms with Crippen molar-refractivity contribution in [3.63, 3.8) is 0 Å². The lowest BCUT2D eigenvalue weighted by atomic mass is 9.94. The van der Waals surface area contributed by atoms with E-state index in [1.54, 1.807) is 0 Å². The van der Waals surface area contributed by atoms with Crippen LogP contribution in [0.5, 0.6) is 11.6 Å². The maximum absolute atomic E-state index is 12.1. The standard InChI is InChI=1S/C25H34N2O3/c1-4-6-16-29-25-17-21(12-14-26-25)27-15-13-23(18-27)30-22-10-8-20(9-11-22)19(3)24(28)7-5-2/h8-12,14,17,19,23H,4-7,13,15-16,18H2,1-3H3/t19?,23-/m1/s1. The zero-order valence-electron chi connectivity index (χ0n) is 18.5. The summed E-state index contributed by atoms with van der Waals surface area (Å²) in [6, 6.07) is 12.0. The normalized spacial score (nSPS) is 17.0. The molecule has 0 saturated carbocycles. The number of ether oxygens (including phenoxy) is 2. The molecule has 3 rings (SSSR count). The topological polar surface area (TPSA) is 51.7 Å². The summed E-state index contributed by atoms with van der Waals surface area (Å²) in [7, 11) is 0. The summed E-state index contributed by atoms with van der Waals surface area (Å²) in [5, 5.41) is 0. The third-order valence-electron chi connectivity index (χ3n) is 5.64. The summed E-state index contributed by atoms with van der Waals surface area (Å²) >= 11 is 0. The van der Waals surface area contributed by atoms with Gasteiger partial charge in [-0.15, -0.1) is 0 Å². The fraction of sp³-hybridized carbons (Fsp3) is 0.520. The number of rotatable bonds is 11. The first kappa shape index (κ1) is 22.1. The Hall–Kier alpha value is -2.56. The number of nitrogens with zero attached hydrogens (tertiary/aromatic N) is 2. The molecule has 30 heavy (non-hydrogen) atoms. The van der Waals surface area contributed by atoms with E-state index < -0.39 is 0 Å². The summed E-state index contributed by atoms with van der Waals surface area (Å²) in [5.41, 5.74) is 2.18. The largest absolute Gasteiger partial charge is 0.489 e. The van der Waals surface area contributed by atoms with Gasteiger partial charge in [-0.2, -0.15) is 0 Å². The van der Waals surface area contributed by atoms with Gasteiger partial charge in [0.1, 0.15) is 17.6 Å². The smallest absolute Gasteiger partial charge is 0.215 e. The predicted octanol–water partition coefficient (Wildman–Crippen LogP) is 5.39. The first-order valence-electron chi connectivity index (χ1n) is 11.2. The molecule has 0 N–H and O–H groups in total. The Labute approximate surface area is 180 Å². The number of anilines is 1. The molecule has 1 aliphatic rings. The van der Waals surface area contributed by atoms with Gasteiger partial charge in [-0.3, -0.25) is 4.79 Å². The molecule has 0 radical (unpaired) electrons. The molecular weight excluding hydrogens is 376 g/mol.